The van der Waals surface area contributed by atoms with Crippen LogP contribution in [0.3, 0.4) is 0 Å². The summed E-state index contributed by atoms with van der Waals surface area (Å²) in [4.78, 5) is 29.2. The number of halogens is 1. The zero-order valence-electron chi connectivity index (χ0n) is 16.8. The Bertz CT molecular complexity index is 1080. The number of nitrogens with one attached hydrogen (secondary N) is 2. The van der Waals surface area contributed by atoms with Gasteiger partial charge in [0.15, 0.2) is 0 Å². The van der Waals surface area contributed by atoms with Gasteiger partial charge in [0, 0.05) is 34.2 Å². The van der Waals surface area contributed by atoms with Gasteiger partial charge in [-0.25, -0.2) is 0 Å². The van der Waals surface area contributed by atoms with Crippen LogP contribution in [0.2, 0.25) is 0 Å². The first-order valence-electron chi connectivity index (χ1n) is 9.52. The number of hydrogen-bond acceptors (Lipinski definition) is 3. The Morgan fingerprint density at radius 3 is 2.59 bits per heavy atom. The van der Waals surface area contributed by atoms with E-state index in [2.05, 4.69) is 31.5 Å². The lowest BCUT2D eigenvalue weighted by atomic mass is 9.99. The minimum Gasteiger partial charge on any atom is -0.355 e. The summed E-state index contributed by atoms with van der Waals surface area (Å²) in [5.41, 5.74) is 5.57. The molecule has 150 valence electrons. The third-order valence-corrected chi connectivity index (χ3v) is 5.46. The monoisotopic (exact) mass is 453 g/mol. The molecule has 2 aromatic carbocycles. The fourth-order valence-corrected chi connectivity index (χ4v) is 3.67. The normalized spacial score (nSPS) is 10.8. The highest BCUT2D eigenvalue weighted by atomic mass is 79.9. The van der Waals surface area contributed by atoms with Gasteiger partial charge < -0.3 is 10.6 Å². The molecule has 3 rings (SSSR count). The maximum Gasteiger partial charge on any atom is 0.226 e. The molecule has 0 saturated heterocycles. The number of benzene rings is 2. The molecule has 0 bridgehead atoms. The highest BCUT2D eigenvalue weighted by Crippen LogP contribution is 2.23. The Balaban J connectivity index is 1.56. The van der Waals surface area contributed by atoms with E-state index in [-0.39, 0.29) is 31.2 Å². The van der Waals surface area contributed by atoms with Crippen LogP contribution in [-0.2, 0) is 16.0 Å². The van der Waals surface area contributed by atoms with Gasteiger partial charge >= 0.3 is 0 Å². The number of amides is 2. The molecule has 29 heavy (non-hydrogen) atoms. The quantitative estimate of drug-likeness (QED) is 0.572. The summed E-state index contributed by atoms with van der Waals surface area (Å²) in [6, 6.07) is 13.7. The topological polar surface area (TPSA) is 71.1 Å². The minimum atomic E-state index is -0.133. The second-order valence-corrected chi connectivity index (χ2v) is 8.02. The van der Waals surface area contributed by atoms with Crippen LogP contribution in [0.25, 0.3) is 10.9 Å². The predicted molar refractivity (Wildman–Crippen MR) is 120 cm³/mol. The van der Waals surface area contributed by atoms with Gasteiger partial charge in [0.25, 0.3) is 0 Å². The Labute approximate surface area is 179 Å². The van der Waals surface area contributed by atoms with E-state index < -0.39 is 0 Å². The number of carbonyl (C=O) groups is 2. The maximum atomic E-state index is 12.4. The fourth-order valence-electron chi connectivity index (χ4n) is 3.31. The first-order valence-corrected chi connectivity index (χ1v) is 10.3. The average molecular weight is 454 g/mol. The minimum absolute atomic E-state index is 0.111. The molecule has 0 saturated carbocycles. The number of anilines is 1. The zero-order valence-corrected chi connectivity index (χ0v) is 18.4. The molecule has 5 nitrogen and oxygen atoms in total. The number of aryl methyl sites for hydroxylation is 3. The summed E-state index contributed by atoms with van der Waals surface area (Å²) < 4.78 is 0.904. The van der Waals surface area contributed by atoms with E-state index in [0.29, 0.717) is 0 Å². The first-order chi connectivity index (χ1) is 13.8. The number of nitrogens with zero attached hydrogens (tertiary/aromatic N) is 1. The third-order valence-electron chi connectivity index (χ3n) is 4.97. The summed E-state index contributed by atoms with van der Waals surface area (Å²) in [5, 5.41) is 6.78. The second-order valence-electron chi connectivity index (χ2n) is 7.10. The molecule has 6 heteroatoms. The summed E-state index contributed by atoms with van der Waals surface area (Å²) in [7, 11) is 0. The lowest BCUT2D eigenvalue weighted by Gasteiger charge is -2.13. The van der Waals surface area contributed by atoms with Gasteiger partial charge in [0.05, 0.1) is 11.9 Å². The van der Waals surface area contributed by atoms with Crippen molar-refractivity contribution in [2.24, 2.45) is 0 Å². The molecule has 2 amide bonds. The van der Waals surface area contributed by atoms with E-state index in [0.717, 1.165) is 43.4 Å². The van der Waals surface area contributed by atoms with Crippen molar-refractivity contribution in [1.29, 1.82) is 0 Å². The van der Waals surface area contributed by atoms with Crippen molar-refractivity contribution in [2.45, 2.75) is 33.6 Å². The van der Waals surface area contributed by atoms with Crippen LogP contribution < -0.4 is 10.6 Å². The zero-order chi connectivity index (χ0) is 21.0. The van der Waals surface area contributed by atoms with Gasteiger partial charge in [-0.3, -0.25) is 14.6 Å². The molecule has 1 heterocycles. The molecule has 0 unspecified atom stereocenters. The van der Waals surface area contributed by atoms with Gasteiger partial charge in [-0.1, -0.05) is 40.2 Å². The molecule has 0 aliphatic heterocycles. The van der Waals surface area contributed by atoms with Gasteiger partial charge in [-0.2, -0.15) is 0 Å². The van der Waals surface area contributed by atoms with Gasteiger partial charge in [0.2, 0.25) is 11.8 Å². The molecule has 0 atom stereocenters. The molecule has 0 spiro atoms. The smallest absolute Gasteiger partial charge is 0.226 e. The SMILES string of the molecule is Cc1ccc(Br)cc1NC(=O)CCNC(=O)Cc1c(C)nc2ccccc2c1C. The fraction of sp³-hybridized carbons (Fsp3) is 0.261. The largest absolute Gasteiger partial charge is 0.355 e. The van der Waals surface area contributed by atoms with Crippen molar-refractivity contribution in [3.05, 3.63) is 69.3 Å². The van der Waals surface area contributed by atoms with Crippen LogP contribution in [0.1, 0.15) is 28.8 Å². The number of pyridine rings is 1. The van der Waals surface area contributed by atoms with Gasteiger partial charge in [0.1, 0.15) is 0 Å². The summed E-state index contributed by atoms with van der Waals surface area (Å²) in [6.07, 6.45) is 0.466. The van der Waals surface area contributed by atoms with Crippen molar-refractivity contribution < 1.29 is 9.59 Å². The number of carbonyl (C=O) groups excluding carboxylic acids is 2. The second kappa shape index (κ2) is 9.18. The van der Waals surface area contributed by atoms with Crippen molar-refractivity contribution in [2.75, 3.05) is 11.9 Å². The molecule has 0 radical (unpaired) electrons. The number of hydrogen-bond donors (Lipinski definition) is 2. The Morgan fingerprint density at radius 1 is 1.03 bits per heavy atom. The van der Waals surface area contributed by atoms with Crippen LogP contribution in [0.5, 0.6) is 0 Å². The highest BCUT2D eigenvalue weighted by Gasteiger charge is 2.13. The highest BCUT2D eigenvalue weighted by molar-refractivity contribution is 9.10. The van der Waals surface area contributed by atoms with E-state index in [9.17, 15) is 9.59 Å². The summed E-state index contributed by atoms with van der Waals surface area (Å²) >= 11 is 3.40. The molecule has 1 aromatic heterocycles. The lowest BCUT2D eigenvalue weighted by molar-refractivity contribution is -0.120. The third kappa shape index (κ3) is 5.21. The van der Waals surface area contributed by atoms with Crippen LogP contribution >= 0.6 is 15.9 Å². The number of para-hydroxylation sites is 1. The van der Waals surface area contributed by atoms with Crippen molar-refractivity contribution in [3.63, 3.8) is 0 Å². The summed E-state index contributed by atoms with van der Waals surface area (Å²) in [6.45, 7) is 6.17. The number of aromatic nitrogens is 1. The molecule has 0 fully saturated rings. The molecule has 0 aliphatic rings. The molecular formula is C23H24BrN3O2. The van der Waals surface area contributed by atoms with Crippen molar-refractivity contribution in [3.8, 4) is 0 Å². The number of rotatable bonds is 6. The molecular weight excluding hydrogens is 430 g/mol. The van der Waals surface area contributed by atoms with E-state index in [1.165, 1.54) is 0 Å². The first kappa shape index (κ1) is 21.0. The standard InChI is InChI=1S/C23H24BrN3O2/c1-14-8-9-17(24)12-21(14)27-22(28)10-11-25-23(29)13-19-15(2)18-6-4-5-7-20(18)26-16(19)3/h4-9,12H,10-11,13H2,1-3H3,(H,25,29)(H,27,28). The van der Waals surface area contributed by atoms with E-state index in [4.69, 9.17) is 0 Å². The number of fused-ring (bicyclic) bond motifs is 1. The van der Waals surface area contributed by atoms with Crippen molar-refractivity contribution in [1.82, 2.24) is 10.3 Å². The van der Waals surface area contributed by atoms with Crippen LogP contribution in [0.15, 0.2) is 46.9 Å². The molecule has 2 N–H and O–H groups in total. The van der Waals surface area contributed by atoms with E-state index in [1.807, 2.05) is 63.2 Å². The Hall–Kier alpha value is -2.73. The van der Waals surface area contributed by atoms with Crippen LogP contribution in [0, 0.1) is 20.8 Å². The van der Waals surface area contributed by atoms with Crippen LogP contribution in [0.4, 0.5) is 5.69 Å². The van der Waals surface area contributed by atoms with Crippen molar-refractivity contribution >= 4 is 44.3 Å². The van der Waals surface area contributed by atoms with Crippen LogP contribution in [-0.4, -0.2) is 23.3 Å². The molecule has 3 aromatic rings. The van der Waals surface area contributed by atoms with E-state index >= 15 is 0 Å². The maximum absolute atomic E-state index is 12.4. The van der Waals surface area contributed by atoms with Gasteiger partial charge in [-0.15, -0.1) is 0 Å². The molecule has 0 aliphatic carbocycles. The van der Waals surface area contributed by atoms with Gasteiger partial charge in [-0.05, 0) is 55.7 Å². The Kier molecular flexibility index (Phi) is 6.64. The Morgan fingerprint density at radius 2 is 1.79 bits per heavy atom. The average Bonchev–Trinajstić information content (AvgIpc) is 2.68. The predicted octanol–water partition coefficient (Wildman–Crippen LogP) is 4.61. The lowest BCUT2D eigenvalue weighted by Crippen LogP contribution is -2.29. The van der Waals surface area contributed by atoms with E-state index in [1.54, 1.807) is 0 Å². The summed E-state index contributed by atoms with van der Waals surface area (Å²) in [5.74, 6) is -0.244.